The summed E-state index contributed by atoms with van der Waals surface area (Å²) in [5.41, 5.74) is 0.930. The predicted molar refractivity (Wildman–Crippen MR) is 49.9 cm³/mol. The lowest BCUT2D eigenvalue weighted by Crippen LogP contribution is -1.79. The molecule has 0 aliphatic carbocycles. The third-order valence-electron chi connectivity index (χ3n) is 1.52. The molecule has 0 aliphatic rings. The van der Waals surface area contributed by atoms with Crippen LogP contribution in [0.1, 0.15) is 0 Å². The van der Waals surface area contributed by atoms with E-state index in [1.54, 1.807) is 6.20 Å². The molecule has 0 aliphatic heterocycles. The highest BCUT2D eigenvalue weighted by Gasteiger charge is 1.98. The van der Waals surface area contributed by atoms with Crippen LogP contribution >= 0.6 is 21.0 Å². The minimum Gasteiger partial charge on any atom is -0.317 e. The molecule has 4 heteroatoms. The van der Waals surface area contributed by atoms with Gasteiger partial charge in [0.15, 0.2) is 0 Å². The van der Waals surface area contributed by atoms with Gasteiger partial charge in [-0.25, -0.2) is 4.98 Å². The summed E-state index contributed by atoms with van der Waals surface area (Å²) in [5, 5.41) is 1.74. The quantitative estimate of drug-likeness (QED) is 0.575. The van der Waals surface area contributed by atoms with Gasteiger partial charge in [-0.15, -0.1) is 0 Å². The number of fused-ring (bicyclic) bond motifs is 1. The minimum absolute atomic E-state index is 0.675. The van der Waals surface area contributed by atoms with Gasteiger partial charge in [0.05, 0.1) is 5.02 Å². The van der Waals surface area contributed by atoms with Crippen molar-refractivity contribution in [1.82, 2.24) is 9.32 Å². The van der Waals surface area contributed by atoms with Gasteiger partial charge in [-0.3, -0.25) is 0 Å². The van der Waals surface area contributed by atoms with Crippen molar-refractivity contribution >= 4 is 32.0 Å². The Labute approximate surface area is 71.4 Å². The first kappa shape index (κ1) is 7.08. The summed E-state index contributed by atoms with van der Waals surface area (Å²) in [6.45, 7) is 0. The summed E-state index contributed by atoms with van der Waals surface area (Å²) in [6, 6.07) is 3.87. The van der Waals surface area contributed by atoms with Gasteiger partial charge in [-0.1, -0.05) is 11.6 Å². The Morgan fingerprint density at radius 1 is 1.55 bits per heavy atom. The van der Waals surface area contributed by atoms with Gasteiger partial charge in [0, 0.05) is 17.8 Å². The Morgan fingerprint density at radius 3 is 3.18 bits per heavy atom. The van der Waals surface area contributed by atoms with Gasteiger partial charge in [-0.2, -0.15) is 0 Å². The first-order chi connectivity index (χ1) is 5.27. The van der Waals surface area contributed by atoms with Gasteiger partial charge in [0.2, 0.25) is 0 Å². The molecule has 0 radical (unpaired) electrons. The largest absolute Gasteiger partial charge is 0.317 e. The average Bonchev–Trinajstić information content (AvgIpc) is 2.32. The first-order valence-corrected chi connectivity index (χ1v) is 4.04. The zero-order chi connectivity index (χ0) is 7.84. The highest BCUT2D eigenvalue weighted by molar-refractivity contribution is 7.14. The third kappa shape index (κ3) is 1.13. The number of hydrogen-bond acceptors (Lipinski definition) is 1. The van der Waals surface area contributed by atoms with Crippen molar-refractivity contribution in [1.29, 1.82) is 0 Å². The van der Waals surface area contributed by atoms with Crippen LogP contribution in [0.2, 0.25) is 5.02 Å². The maximum Gasteiger partial charge on any atom is 0.142 e. The number of halogens is 1. The number of hydrogen-bond donors (Lipinski definition) is 0. The molecular weight excluding hydrogens is 179 g/mol. The van der Waals surface area contributed by atoms with Crippen molar-refractivity contribution in [2.24, 2.45) is 0 Å². The molecule has 56 valence electrons. The summed E-state index contributed by atoms with van der Waals surface area (Å²) < 4.78 is 1.88. The second kappa shape index (κ2) is 2.47. The predicted octanol–water partition coefficient (Wildman–Crippen LogP) is 2.33. The SMILES string of the molecule is Pn1ccc2cc(Cl)cnc21. The molecule has 2 heterocycles. The molecule has 0 aromatic carbocycles. The fourth-order valence-electron chi connectivity index (χ4n) is 1.02. The molecule has 11 heavy (non-hydrogen) atoms. The van der Waals surface area contributed by atoms with Crippen molar-refractivity contribution < 1.29 is 0 Å². The van der Waals surface area contributed by atoms with Crippen LogP contribution in [-0.4, -0.2) is 9.32 Å². The molecule has 2 rings (SSSR count). The topological polar surface area (TPSA) is 17.8 Å². The zero-order valence-corrected chi connectivity index (χ0v) is 7.57. The maximum absolute atomic E-state index is 5.75. The van der Waals surface area contributed by atoms with Crippen LogP contribution in [0.15, 0.2) is 24.5 Å². The molecule has 1 atom stereocenters. The second-order valence-corrected chi connectivity index (χ2v) is 3.28. The van der Waals surface area contributed by atoms with E-state index in [1.807, 2.05) is 22.7 Å². The van der Waals surface area contributed by atoms with Crippen molar-refractivity contribution in [2.75, 3.05) is 0 Å². The fraction of sp³-hybridized carbons (Fsp3) is 0. The molecule has 0 fully saturated rings. The number of rotatable bonds is 0. The normalized spacial score (nSPS) is 10.7. The highest BCUT2D eigenvalue weighted by Crippen LogP contribution is 2.18. The second-order valence-electron chi connectivity index (χ2n) is 2.29. The van der Waals surface area contributed by atoms with Crippen LogP contribution in [0.3, 0.4) is 0 Å². The van der Waals surface area contributed by atoms with Gasteiger partial charge in [0.1, 0.15) is 5.65 Å². The van der Waals surface area contributed by atoms with Gasteiger partial charge >= 0.3 is 0 Å². The van der Waals surface area contributed by atoms with E-state index < -0.39 is 0 Å². The van der Waals surface area contributed by atoms with Crippen molar-refractivity contribution in [3.05, 3.63) is 29.5 Å². The Kier molecular flexibility index (Phi) is 1.59. The first-order valence-electron chi connectivity index (χ1n) is 3.15. The van der Waals surface area contributed by atoms with E-state index in [0.29, 0.717) is 5.02 Å². The lowest BCUT2D eigenvalue weighted by atomic mass is 10.3. The summed E-state index contributed by atoms with van der Waals surface area (Å²) in [7, 11) is 2.56. The number of pyridine rings is 1. The van der Waals surface area contributed by atoms with Crippen molar-refractivity contribution in [3.8, 4) is 0 Å². The summed E-state index contributed by atoms with van der Waals surface area (Å²) >= 11 is 5.75. The molecule has 0 bridgehead atoms. The standard InChI is InChI=1S/C7H6ClN2P/c8-6-3-5-1-2-10(11)7(5)9-4-6/h1-4H,11H2. The third-order valence-corrected chi connectivity index (χ3v) is 2.14. The molecular formula is C7H6ClN2P. The molecule has 0 N–H and O–H groups in total. The van der Waals surface area contributed by atoms with E-state index in [0.717, 1.165) is 11.0 Å². The zero-order valence-electron chi connectivity index (χ0n) is 5.66. The molecule has 0 spiro atoms. The van der Waals surface area contributed by atoms with Crippen LogP contribution in [0.5, 0.6) is 0 Å². The maximum atomic E-state index is 5.75. The van der Waals surface area contributed by atoms with Crippen LogP contribution in [0, 0.1) is 0 Å². The molecule has 1 unspecified atom stereocenters. The molecule has 0 saturated carbocycles. The van der Waals surface area contributed by atoms with E-state index in [2.05, 4.69) is 14.4 Å². The summed E-state index contributed by atoms with van der Waals surface area (Å²) in [6.07, 6.45) is 3.57. The van der Waals surface area contributed by atoms with E-state index in [4.69, 9.17) is 11.6 Å². The monoisotopic (exact) mass is 184 g/mol. The Balaban J connectivity index is 2.86. The van der Waals surface area contributed by atoms with Gasteiger partial charge in [0.25, 0.3) is 0 Å². The molecule has 0 saturated heterocycles. The minimum atomic E-state index is 0.675. The Morgan fingerprint density at radius 2 is 2.36 bits per heavy atom. The van der Waals surface area contributed by atoms with E-state index in [1.165, 1.54) is 0 Å². The fourth-order valence-corrected chi connectivity index (χ4v) is 1.49. The van der Waals surface area contributed by atoms with Crippen molar-refractivity contribution in [2.45, 2.75) is 0 Å². The van der Waals surface area contributed by atoms with Crippen LogP contribution in [0.25, 0.3) is 11.0 Å². The van der Waals surface area contributed by atoms with Crippen molar-refractivity contribution in [3.63, 3.8) is 0 Å². The molecule has 0 amide bonds. The number of aromatic nitrogens is 2. The lowest BCUT2D eigenvalue weighted by molar-refractivity contribution is 1.26. The van der Waals surface area contributed by atoms with E-state index in [-0.39, 0.29) is 0 Å². The average molecular weight is 185 g/mol. The molecule has 2 aromatic rings. The van der Waals surface area contributed by atoms with E-state index in [9.17, 15) is 0 Å². The Bertz CT molecular complexity index is 396. The summed E-state index contributed by atoms with van der Waals surface area (Å²) in [4.78, 5) is 4.15. The Hall–Kier alpha value is -0.590. The molecule has 2 aromatic heterocycles. The highest BCUT2D eigenvalue weighted by atomic mass is 35.5. The van der Waals surface area contributed by atoms with Crippen LogP contribution in [0.4, 0.5) is 0 Å². The van der Waals surface area contributed by atoms with E-state index >= 15 is 0 Å². The van der Waals surface area contributed by atoms with Crippen LogP contribution < -0.4 is 0 Å². The lowest BCUT2D eigenvalue weighted by Gasteiger charge is -1.93. The van der Waals surface area contributed by atoms with Crippen LogP contribution in [-0.2, 0) is 0 Å². The number of nitrogens with zero attached hydrogens (tertiary/aromatic N) is 2. The van der Waals surface area contributed by atoms with Gasteiger partial charge in [-0.05, 0) is 21.5 Å². The molecule has 2 nitrogen and oxygen atoms in total. The smallest absolute Gasteiger partial charge is 0.142 e. The van der Waals surface area contributed by atoms with Gasteiger partial charge < -0.3 is 4.34 Å². The summed E-state index contributed by atoms with van der Waals surface area (Å²) in [5.74, 6) is 0.